The van der Waals surface area contributed by atoms with E-state index in [0.717, 1.165) is 5.69 Å². The minimum atomic E-state index is -3.36. The zero-order chi connectivity index (χ0) is 18.2. The minimum Gasteiger partial charge on any atom is -0.444 e. The Labute approximate surface area is 148 Å². The predicted octanol–water partition coefficient (Wildman–Crippen LogP) is 1.41. The standard InChI is InChI=1S/C16H24N4O4S/c1-12-11-20(16(21)24-12)15-6-4-5-14(17-15)13-7-9-19(10-8-13)25(22,23)18(2)3/h4-6,12-13H,7-11H2,1-3H3/t12-/m1/s1. The first-order chi connectivity index (χ1) is 11.8. The highest BCUT2D eigenvalue weighted by Gasteiger charge is 2.32. The molecule has 9 heteroatoms. The molecule has 2 aliphatic heterocycles. The largest absolute Gasteiger partial charge is 0.444 e. The lowest BCUT2D eigenvalue weighted by atomic mass is 9.94. The van der Waals surface area contributed by atoms with Gasteiger partial charge in [-0.3, -0.25) is 4.90 Å². The molecule has 2 saturated heterocycles. The van der Waals surface area contributed by atoms with E-state index in [0.29, 0.717) is 38.3 Å². The summed E-state index contributed by atoms with van der Waals surface area (Å²) in [6.07, 6.45) is 0.913. The van der Waals surface area contributed by atoms with Crippen LogP contribution in [-0.2, 0) is 14.9 Å². The van der Waals surface area contributed by atoms with Crippen LogP contribution in [0.25, 0.3) is 0 Å². The molecule has 25 heavy (non-hydrogen) atoms. The molecule has 1 atom stereocenters. The van der Waals surface area contributed by atoms with Crippen LogP contribution < -0.4 is 4.90 Å². The van der Waals surface area contributed by atoms with Crippen molar-refractivity contribution in [3.8, 4) is 0 Å². The van der Waals surface area contributed by atoms with Crippen molar-refractivity contribution in [3.05, 3.63) is 23.9 Å². The fourth-order valence-corrected chi connectivity index (χ4v) is 4.36. The zero-order valence-electron chi connectivity index (χ0n) is 14.8. The molecular formula is C16H24N4O4S. The minimum absolute atomic E-state index is 0.141. The van der Waals surface area contributed by atoms with Gasteiger partial charge >= 0.3 is 6.09 Å². The molecule has 0 spiro atoms. The number of ether oxygens (including phenoxy) is 1. The molecule has 3 heterocycles. The van der Waals surface area contributed by atoms with Gasteiger partial charge in [0.2, 0.25) is 0 Å². The Bertz CT molecular complexity index is 744. The summed E-state index contributed by atoms with van der Waals surface area (Å²) < 4.78 is 32.3. The molecule has 0 aromatic carbocycles. The number of amides is 1. The highest BCUT2D eigenvalue weighted by atomic mass is 32.2. The van der Waals surface area contributed by atoms with Gasteiger partial charge in [-0.15, -0.1) is 0 Å². The van der Waals surface area contributed by atoms with Crippen LogP contribution in [0.4, 0.5) is 10.6 Å². The maximum absolute atomic E-state index is 12.2. The number of pyridine rings is 1. The van der Waals surface area contributed by atoms with Crippen LogP contribution in [0.1, 0.15) is 31.4 Å². The van der Waals surface area contributed by atoms with Gasteiger partial charge in [-0.25, -0.2) is 9.78 Å². The van der Waals surface area contributed by atoms with Gasteiger partial charge in [-0.1, -0.05) is 6.07 Å². The van der Waals surface area contributed by atoms with E-state index in [4.69, 9.17) is 4.74 Å². The highest BCUT2D eigenvalue weighted by Crippen LogP contribution is 2.30. The van der Waals surface area contributed by atoms with Crippen molar-refractivity contribution in [3.63, 3.8) is 0 Å². The summed E-state index contributed by atoms with van der Waals surface area (Å²) in [6, 6.07) is 5.63. The fourth-order valence-electron chi connectivity index (χ4n) is 3.22. The van der Waals surface area contributed by atoms with Crippen LogP contribution in [0.5, 0.6) is 0 Å². The Balaban J connectivity index is 1.70. The first-order valence-electron chi connectivity index (χ1n) is 8.41. The lowest BCUT2D eigenvalue weighted by molar-refractivity contribution is 0.150. The van der Waals surface area contributed by atoms with Gasteiger partial charge in [0.1, 0.15) is 11.9 Å². The normalized spacial score (nSPS) is 23.3. The summed E-state index contributed by atoms with van der Waals surface area (Å²) in [5.41, 5.74) is 0.895. The number of aromatic nitrogens is 1. The molecule has 2 aliphatic rings. The van der Waals surface area contributed by atoms with Crippen molar-refractivity contribution in [2.24, 2.45) is 0 Å². The number of piperidine rings is 1. The predicted molar refractivity (Wildman–Crippen MR) is 93.7 cm³/mol. The molecule has 1 aromatic heterocycles. The molecule has 0 bridgehead atoms. The third-order valence-corrected chi connectivity index (χ3v) is 6.60. The first-order valence-corrected chi connectivity index (χ1v) is 9.81. The summed E-state index contributed by atoms with van der Waals surface area (Å²) in [4.78, 5) is 18.0. The molecular weight excluding hydrogens is 344 g/mol. The third-order valence-electron chi connectivity index (χ3n) is 4.65. The molecule has 138 valence electrons. The van der Waals surface area contributed by atoms with Gasteiger partial charge in [0.15, 0.2) is 0 Å². The maximum atomic E-state index is 12.2. The second kappa shape index (κ2) is 6.89. The lowest BCUT2D eigenvalue weighted by Crippen LogP contribution is -2.44. The first kappa shape index (κ1) is 18.1. The maximum Gasteiger partial charge on any atom is 0.415 e. The number of hydrogen-bond acceptors (Lipinski definition) is 5. The molecule has 3 rings (SSSR count). The average molecular weight is 368 g/mol. The van der Waals surface area contributed by atoms with Gasteiger partial charge in [0, 0.05) is 38.8 Å². The molecule has 0 unspecified atom stereocenters. The van der Waals surface area contributed by atoms with Crippen molar-refractivity contribution < 1.29 is 17.9 Å². The zero-order valence-corrected chi connectivity index (χ0v) is 15.6. The summed E-state index contributed by atoms with van der Waals surface area (Å²) in [7, 11) is -0.275. The second-order valence-electron chi connectivity index (χ2n) is 6.69. The van der Waals surface area contributed by atoms with Crippen LogP contribution in [0.3, 0.4) is 0 Å². The SMILES string of the molecule is C[C@@H]1CN(c2cccc(C3CCN(S(=O)(=O)N(C)C)CC3)n2)C(=O)O1. The van der Waals surface area contributed by atoms with Gasteiger partial charge in [0.05, 0.1) is 6.54 Å². The fraction of sp³-hybridized carbons (Fsp3) is 0.625. The number of hydrogen-bond donors (Lipinski definition) is 0. The smallest absolute Gasteiger partial charge is 0.415 e. The van der Waals surface area contributed by atoms with E-state index in [1.54, 1.807) is 25.1 Å². The van der Waals surface area contributed by atoms with Crippen molar-refractivity contribution in [1.82, 2.24) is 13.6 Å². The van der Waals surface area contributed by atoms with E-state index in [9.17, 15) is 13.2 Å². The number of anilines is 1. The van der Waals surface area contributed by atoms with E-state index in [2.05, 4.69) is 4.98 Å². The second-order valence-corrected chi connectivity index (χ2v) is 8.83. The van der Waals surface area contributed by atoms with Crippen LogP contribution in [0, 0.1) is 0 Å². The topological polar surface area (TPSA) is 83.1 Å². The van der Waals surface area contributed by atoms with E-state index < -0.39 is 10.2 Å². The summed E-state index contributed by atoms with van der Waals surface area (Å²) in [6.45, 7) is 3.29. The van der Waals surface area contributed by atoms with Gasteiger partial charge < -0.3 is 4.74 Å². The Hall–Kier alpha value is -1.71. The molecule has 0 saturated carbocycles. The van der Waals surface area contributed by atoms with Crippen molar-refractivity contribution in [2.45, 2.75) is 31.8 Å². The number of nitrogens with zero attached hydrogens (tertiary/aromatic N) is 4. The van der Waals surface area contributed by atoms with E-state index in [1.165, 1.54) is 8.61 Å². The summed E-state index contributed by atoms with van der Waals surface area (Å²) in [5.74, 6) is 0.778. The average Bonchev–Trinajstić information content (AvgIpc) is 2.93. The van der Waals surface area contributed by atoms with Crippen molar-refractivity contribution >= 4 is 22.1 Å². The number of cyclic esters (lactones) is 1. The molecule has 0 N–H and O–H groups in total. The Morgan fingerprint density at radius 1 is 1.24 bits per heavy atom. The number of rotatable bonds is 4. The Morgan fingerprint density at radius 3 is 2.48 bits per heavy atom. The van der Waals surface area contributed by atoms with Crippen LogP contribution in [0.2, 0.25) is 0 Å². The Kier molecular flexibility index (Phi) is 4.99. The van der Waals surface area contributed by atoms with Gasteiger partial charge in [0.25, 0.3) is 10.2 Å². The highest BCUT2D eigenvalue weighted by molar-refractivity contribution is 7.86. The number of carbonyl (C=O) groups excluding carboxylic acids is 1. The lowest BCUT2D eigenvalue weighted by Gasteiger charge is -2.32. The van der Waals surface area contributed by atoms with Gasteiger partial charge in [-0.2, -0.15) is 17.0 Å². The van der Waals surface area contributed by atoms with E-state index in [1.807, 2.05) is 19.1 Å². The monoisotopic (exact) mass is 368 g/mol. The quantitative estimate of drug-likeness (QED) is 0.802. The van der Waals surface area contributed by atoms with Gasteiger partial charge in [-0.05, 0) is 31.9 Å². The molecule has 0 aliphatic carbocycles. The molecule has 2 fully saturated rings. The van der Waals surface area contributed by atoms with E-state index >= 15 is 0 Å². The molecule has 1 amide bonds. The molecule has 0 radical (unpaired) electrons. The van der Waals surface area contributed by atoms with Crippen LogP contribution >= 0.6 is 0 Å². The third kappa shape index (κ3) is 3.63. The van der Waals surface area contributed by atoms with Crippen molar-refractivity contribution in [2.75, 3.05) is 38.6 Å². The molecule has 1 aromatic rings. The van der Waals surface area contributed by atoms with E-state index in [-0.39, 0.29) is 18.1 Å². The molecule has 8 nitrogen and oxygen atoms in total. The van der Waals surface area contributed by atoms with Crippen LogP contribution in [0.15, 0.2) is 18.2 Å². The van der Waals surface area contributed by atoms with Crippen LogP contribution in [-0.4, -0.2) is 67.9 Å². The van der Waals surface area contributed by atoms with Crippen molar-refractivity contribution in [1.29, 1.82) is 0 Å². The Morgan fingerprint density at radius 2 is 1.92 bits per heavy atom. The summed E-state index contributed by atoms with van der Waals surface area (Å²) in [5, 5.41) is 0. The summed E-state index contributed by atoms with van der Waals surface area (Å²) >= 11 is 0. The number of carbonyl (C=O) groups is 1.